The molecule has 0 N–H and O–H groups in total. The SMILES string of the molecule is C=CCc1ccc(F)cc1OC. The molecule has 1 aromatic rings. The van der Waals surface area contributed by atoms with Crippen LogP contribution in [-0.4, -0.2) is 7.11 Å². The predicted molar refractivity (Wildman–Crippen MR) is 46.9 cm³/mol. The van der Waals surface area contributed by atoms with Gasteiger partial charge in [0.25, 0.3) is 0 Å². The summed E-state index contributed by atoms with van der Waals surface area (Å²) in [6.07, 6.45) is 2.46. The zero-order chi connectivity index (χ0) is 8.97. The Morgan fingerprint density at radius 2 is 2.33 bits per heavy atom. The first-order chi connectivity index (χ1) is 5.77. The van der Waals surface area contributed by atoms with Crippen LogP contribution in [0, 0.1) is 5.82 Å². The smallest absolute Gasteiger partial charge is 0.126 e. The molecule has 1 nitrogen and oxygen atoms in total. The molecule has 0 radical (unpaired) electrons. The minimum absolute atomic E-state index is 0.278. The topological polar surface area (TPSA) is 9.23 Å². The molecule has 0 aliphatic carbocycles. The molecule has 0 fully saturated rings. The molecule has 0 saturated carbocycles. The first-order valence-corrected chi connectivity index (χ1v) is 3.71. The van der Waals surface area contributed by atoms with Gasteiger partial charge in [-0.25, -0.2) is 4.39 Å². The average molecular weight is 166 g/mol. The van der Waals surface area contributed by atoms with Crippen LogP contribution in [0.15, 0.2) is 30.9 Å². The number of hydrogen-bond acceptors (Lipinski definition) is 1. The van der Waals surface area contributed by atoms with Gasteiger partial charge in [0.1, 0.15) is 11.6 Å². The van der Waals surface area contributed by atoms with Crippen LogP contribution in [-0.2, 0) is 6.42 Å². The van der Waals surface area contributed by atoms with Crippen LogP contribution in [0.2, 0.25) is 0 Å². The predicted octanol–water partition coefficient (Wildman–Crippen LogP) is 2.56. The molecule has 0 unspecified atom stereocenters. The molecule has 2 heteroatoms. The third-order valence-corrected chi connectivity index (χ3v) is 1.61. The average Bonchev–Trinajstić information content (AvgIpc) is 2.08. The van der Waals surface area contributed by atoms with Crippen molar-refractivity contribution in [2.75, 3.05) is 7.11 Å². The summed E-state index contributed by atoms with van der Waals surface area (Å²) in [6.45, 7) is 3.60. The zero-order valence-electron chi connectivity index (χ0n) is 7.01. The summed E-state index contributed by atoms with van der Waals surface area (Å²) >= 11 is 0. The summed E-state index contributed by atoms with van der Waals surface area (Å²) in [4.78, 5) is 0. The van der Waals surface area contributed by atoms with Gasteiger partial charge >= 0.3 is 0 Å². The van der Waals surface area contributed by atoms with Crippen molar-refractivity contribution in [3.8, 4) is 5.75 Å². The molecule has 1 aromatic carbocycles. The molecular weight excluding hydrogens is 155 g/mol. The van der Waals surface area contributed by atoms with E-state index in [4.69, 9.17) is 4.74 Å². The molecule has 0 spiro atoms. The van der Waals surface area contributed by atoms with Crippen molar-refractivity contribution in [1.29, 1.82) is 0 Å². The van der Waals surface area contributed by atoms with E-state index in [9.17, 15) is 4.39 Å². The summed E-state index contributed by atoms with van der Waals surface area (Å²) < 4.78 is 17.7. The lowest BCUT2D eigenvalue weighted by Gasteiger charge is -2.05. The lowest BCUT2D eigenvalue weighted by molar-refractivity contribution is 0.407. The van der Waals surface area contributed by atoms with Crippen molar-refractivity contribution >= 4 is 0 Å². The maximum atomic E-state index is 12.7. The van der Waals surface area contributed by atoms with Crippen molar-refractivity contribution in [2.24, 2.45) is 0 Å². The van der Waals surface area contributed by atoms with Crippen LogP contribution in [0.3, 0.4) is 0 Å². The van der Waals surface area contributed by atoms with E-state index in [2.05, 4.69) is 6.58 Å². The van der Waals surface area contributed by atoms with Gasteiger partial charge in [-0.2, -0.15) is 0 Å². The summed E-state index contributed by atoms with van der Waals surface area (Å²) in [5, 5.41) is 0. The standard InChI is InChI=1S/C10H11FO/c1-3-4-8-5-6-9(11)7-10(8)12-2/h3,5-7H,1,4H2,2H3. The Balaban J connectivity index is 3.01. The largest absolute Gasteiger partial charge is 0.496 e. The van der Waals surface area contributed by atoms with Crippen LogP contribution < -0.4 is 4.74 Å². The van der Waals surface area contributed by atoms with E-state index >= 15 is 0 Å². The lowest BCUT2D eigenvalue weighted by Crippen LogP contribution is -1.91. The number of allylic oxidation sites excluding steroid dienone is 1. The maximum absolute atomic E-state index is 12.7. The van der Waals surface area contributed by atoms with E-state index < -0.39 is 0 Å². The molecule has 0 aliphatic heterocycles. The van der Waals surface area contributed by atoms with E-state index in [0.717, 1.165) is 5.56 Å². The van der Waals surface area contributed by atoms with Gasteiger partial charge in [-0.05, 0) is 18.1 Å². The molecule has 1 rings (SSSR count). The first kappa shape index (κ1) is 8.78. The minimum atomic E-state index is -0.278. The highest BCUT2D eigenvalue weighted by atomic mass is 19.1. The number of ether oxygens (including phenoxy) is 1. The van der Waals surface area contributed by atoms with E-state index in [-0.39, 0.29) is 5.82 Å². The normalized spacial score (nSPS) is 9.50. The van der Waals surface area contributed by atoms with Gasteiger partial charge in [0.15, 0.2) is 0 Å². The number of rotatable bonds is 3. The van der Waals surface area contributed by atoms with E-state index in [1.807, 2.05) is 0 Å². The third kappa shape index (κ3) is 1.84. The van der Waals surface area contributed by atoms with E-state index in [1.54, 1.807) is 12.1 Å². The molecule has 0 aromatic heterocycles. The van der Waals surface area contributed by atoms with Gasteiger partial charge in [-0.15, -0.1) is 6.58 Å². The third-order valence-electron chi connectivity index (χ3n) is 1.61. The summed E-state index contributed by atoms with van der Waals surface area (Å²) in [7, 11) is 1.53. The highest BCUT2D eigenvalue weighted by molar-refractivity contribution is 5.35. The zero-order valence-corrected chi connectivity index (χ0v) is 7.01. The molecule has 64 valence electrons. The van der Waals surface area contributed by atoms with Gasteiger partial charge in [0.05, 0.1) is 7.11 Å². The number of benzene rings is 1. The summed E-state index contributed by atoms with van der Waals surface area (Å²) in [5.74, 6) is 0.301. The van der Waals surface area contributed by atoms with Crippen LogP contribution in [0.1, 0.15) is 5.56 Å². The Bertz CT molecular complexity index is 281. The Morgan fingerprint density at radius 3 is 2.92 bits per heavy atom. The van der Waals surface area contributed by atoms with Crippen LogP contribution in [0.5, 0.6) is 5.75 Å². The fourth-order valence-corrected chi connectivity index (χ4v) is 1.04. The van der Waals surface area contributed by atoms with Gasteiger partial charge in [-0.1, -0.05) is 12.1 Å². The Labute approximate surface area is 71.5 Å². The molecule has 0 bridgehead atoms. The molecule has 0 saturated heterocycles. The van der Waals surface area contributed by atoms with Crippen LogP contribution in [0.4, 0.5) is 4.39 Å². The Morgan fingerprint density at radius 1 is 1.58 bits per heavy atom. The highest BCUT2D eigenvalue weighted by Gasteiger charge is 2.01. The Hall–Kier alpha value is -1.31. The molecule has 0 amide bonds. The monoisotopic (exact) mass is 166 g/mol. The van der Waals surface area contributed by atoms with Gasteiger partial charge < -0.3 is 4.74 Å². The van der Waals surface area contributed by atoms with Gasteiger partial charge in [-0.3, -0.25) is 0 Å². The molecule has 0 heterocycles. The molecule has 0 aliphatic rings. The minimum Gasteiger partial charge on any atom is -0.496 e. The van der Waals surface area contributed by atoms with Crippen LogP contribution in [0.25, 0.3) is 0 Å². The highest BCUT2D eigenvalue weighted by Crippen LogP contribution is 2.19. The fraction of sp³-hybridized carbons (Fsp3) is 0.200. The number of methoxy groups -OCH3 is 1. The van der Waals surface area contributed by atoms with Crippen LogP contribution >= 0.6 is 0 Å². The van der Waals surface area contributed by atoms with Crippen molar-refractivity contribution in [2.45, 2.75) is 6.42 Å². The first-order valence-electron chi connectivity index (χ1n) is 3.71. The second-order valence-corrected chi connectivity index (χ2v) is 2.45. The van der Waals surface area contributed by atoms with Crippen molar-refractivity contribution in [1.82, 2.24) is 0 Å². The quantitative estimate of drug-likeness (QED) is 0.627. The van der Waals surface area contributed by atoms with Gasteiger partial charge in [0.2, 0.25) is 0 Å². The number of hydrogen-bond donors (Lipinski definition) is 0. The molecule has 12 heavy (non-hydrogen) atoms. The Kier molecular flexibility index (Phi) is 2.86. The van der Waals surface area contributed by atoms with E-state index in [1.165, 1.54) is 19.2 Å². The van der Waals surface area contributed by atoms with Crippen molar-refractivity contribution < 1.29 is 9.13 Å². The maximum Gasteiger partial charge on any atom is 0.126 e. The molecule has 0 atom stereocenters. The summed E-state index contributed by atoms with van der Waals surface area (Å²) in [5.41, 5.74) is 0.953. The van der Waals surface area contributed by atoms with E-state index in [0.29, 0.717) is 12.2 Å². The second-order valence-electron chi connectivity index (χ2n) is 2.45. The number of halogens is 1. The second kappa shape index (κ2) is 3.90. The fourth-order valence-electron chi connectivity index (χ4n) is 1.04. The van der Waals surface area contributed by atoms with Crippen molar-refractivity contribution in [3.05, 3.63) is 42.2 Å². The lowest BCUT2D eigenvalue weighted by atomic mass is 10.1. The van der Waals surface area contributed by atoms with Crippen molar-refractivity contribution in [3.63, 3.8) is 0 Å². The summed E-state index contributed by atoms with van der Waals surface area (Å²) in [6, 6.07) is 4.50. The molecular formula is C10H11FO. The van der Waals surface area contributed by atoms with Gasteiger partial charge in [0, 0.05) is 6.07 Å².